The van der Waals surface area contributed by atoms with Gasteiger partial charge in [0.25, 0.3) is 0 Å². The third kappa shape index (κ3) is 1.95. The molecule has 0 aliphatic heterocycles. The Kier molecular flexibility index (Phi) is 2.92. The van der Waals surface area contributed by atoms with E-state index in [4.69, 9.17) is 10.8 Å². The molecule has 0 unspecified atom stereocenters. The van der Waals surface area contributed by atoms with Crippen molar-refractivity contribution < 1.29 is 5.11 Å². The Morgan fingerprint density at radius 3 is 2.55 bits per heavy atom. The van der Waals surface area contributed by atoms with Crippen molar-refractivity contribution in [3.8, 4) is 0 Å². The van der Waals surface area contributed by atoms with E-state index in [-0.39, 0.29) is 6.61 Å². The van der Waals surface area contributed by atoms with Crippen LogP contribution in [0.3, 0.4) is 0 Å². The first kappa shape index (κ1) is 9.03. The topological polar surface area (TPSA) is 46.2 Å². The summed E-state index contributed by atoms with van der Waals surface area (Å²) in [6.45, 7) is -0.0378. The number of aliphatic hydroxyl groups excluding tert-OH is 1. The first-order valence-corrected chi connectivity index (χ1v) is 4.58. The first-order valence-electron chi connectivity index (χ1n) is 2.99. The second-order valence-electron chi connectivity index (χ2n) is 2.12. The molecule has 60 valence electrons. The molecule has 1 rings (SSSR count). The standard InChI is InChI=1S/C7H7Br2NO/c8-5-1-4(3-11)7(10)6(9)2-5/h1-2,11H,3,10H2/i3+2. The summed E-state index contributed by atoms with van der Waals surface area (Å²) in [6.07, 6.45) is 0. The largest absolute Gasteiger partial charge is 0.398 e. The third-order valence-electron chi connectivity index (χ3n) is 1.35. The lowest BCUT2D eigenvalue weighted by Gasteiger charge is -2.04. The zero-order valence-corrected chi connectivity index (χ0v) is 8.81. The molecule has 0 amide bonds. The SMILES string of the molecule is Nc1c(Br)cc(Br)cc1[14CH2]O. The molecular weight excluding hydrogens is 276 g/mol. The zero-order chi connectivity index (χ0) is 8.43. The number of nitrogen functional groups attached to an aromatic ring is 1. The van der Waals surface area contributed by atoms with Crippen LogP contribution in [0.25, 0.3) is 0 Å². The molecule has 0 spiro atoms. The van der Waals surface area contributed by atoms with Gasteiger partial charge in [0, 0.05) is 14.5 Å². The molecule has 1 aromatic carbocycles. The van der Waals surface area contributed by atoms with Crippen molar-refractivity contribution in [2.45, 2.75) is 6.61 Å². The Morgan fingerprint density at radius 2 is 2.00 bits per heavy atom. The van der Waals surface area contributed by atoms with E-state index in [1.165, 1.54) is 0 Å². The van der Waals surface area contributed by atoms with E-state index >= 15 is 0 Å². The molecule has 3 N–H and O–H groups in total. The van der Waals surface area contributed by atoms with Crippen LogP contribution in [0.1, 0.15) is 5.56 Å². The van der Waals surface area contributed by atoms with Crippen LogP contribution in [0.2, 0.25) is 0 Å². The van der Waals surface area contributed by atoms with Crippen LogP contribution in [-0.4, -0.2) is 5.11 Å². The van der Waals surface area contributed by atoms with Crippen molar-refractivity contribution in [3.05, 3.63) is 26.6 Å². The quantitative estimate of drug-likeness (QED) is 0.777. The van der Waals surface area contributed by atoms with Crippen LogP contribution in [0.15, 0.2) is 21.1 Å². The number of anilines is 1. The fourth-order valence-electron chi connectivity index (χ4n) is 0.769. The molecule has 0 saturated carbocycles. The molecule has 0 aromatic heterocycles. The zero-order valence-electron chi connectivity index (χ0n) is 5.64. The molecule has 1 aromatic rings. The minimum absolute atomic E-state index is 0.0378. The number of halogens is 2. The van der Waals surface area contributed by atoms with E-state index < -0.39 is 0 Å². The van der Waals surface area contributed by atoms with Crippen molar-refractivity contribution in [3.63, 3.8) is 0 Å². The summed E-state index contributed by atoms with van der Waals surface area (Å²) in [5.41, 5.74) is 6.96. The van der Waals surface area contributed by atoms with Gasteiger partial charge in [-0.25, -0.2) is 0 Å². The number of aliphatic hydroxyl groups is 1. The van der Waals surface area contributed by atoms with Crippen molar-refractivity contribution in [2.24, 2.45) is 0 Å². The number of hydrogen-bond acceptors (Lipinski definition) is 2. The summed E-state index contributed by atoms with van der Waals surface area (Å²) in [5, 5.41) is 8.85. The van der Waals surface area contributed by atoms with Crippen LogP contribution < -0.4 is 5.73 Å². The van der Waals surface area contributed by atoms with Gasteiger partial charge < -0.3 is 10.8 Å². The highest BCUT2D eigenvalue weighted by Gasteiger charge is 2.03. The Hall–Kier alpha value is -0.0600. The summed E-state index contributed by atoms with van der Waals surface area (Å²) in [5.74, 6) is 0. The second kappa shape index (κ2) is 3.56. The molecule has 0 saturated heterocycles. The van der Waals surface area contributed by atoms with Gasteiger partial charge in [-0.2, -0.15) is 0 Å². The highest BCUT2D eigenvalue weighted by atomic mass is 79.9. The van der Waals surface area contributed by atoms with Crippen LogP contribution in [0.4, 0.5) is 5.69 Å². The second-order valence-corrected chi connectivity index (χ2v) is 3.89. The Morgan fingerprint density at radius 1 is 1.36 bits per heavy atom. The monoisotopic (exact) mass is 281 g/mol. The van der Waals surface area contributed by atoms with E-state index in [1.54, 1.807) is 6.07 Å². The van der Waals surface area contributed by atoms with Gasteiger partial charge in [0.1, 0.15) is 0 Å². The lowest BCUT2D eigenvalue weighted by Crippen LogP contribution is -1.95. The third-order valence-corrected chi connectivity index (χ3v) is 2.46. The fraction of sp³-hybridized carbons (Fsp3) is 0.143. The number of hydrogen-bond donors (Lipinski definition) is 2. The Balaban J connectivity index is 3.24. The summed E-state index contributed by atoms with van der Waals surface area (Å²) < 4.78 is 1.71. The minimum Gasteiger partial charge on any atom is -0.398 e. The molecular formula is C7H7Br2NO. The van der Waals surface area contributed by atoms with Crippen LogP contribution in [0, 0.1) is 0 Å². The van der Waals surface area contributed by atoms with E-state index in [1.807, 2.05) is 6.07 Å². The fourth-order valence-corrected chi connectivity index (χ4v) is 2.08. The summed E-state index contributed by atoms with van der Waals surface area (Å²) in [6, 6.07) is 3.63. The van der Waals surface area contributed by atoms with Crippen molar-refractivity contribution >= 4 is 37.5 Å². The highest BCUT2D eigenvalue weighted by Crippen LogP contribution is 2.27. The average Bonchev–Trinajstić information content (AvgIpc) is 1.96. The lowest BCUT2D eigenvalue weighted by atomic mass is 10.3. The first-order chi connectivity index (χ1) is 5.15. The van der Waals surface area contributed by atoms with Gasteiger partial charge in [0.2, 0.25) is 0 Å². The molecule has 0 radical (unpaired) electrons. The summed E-state index contributed by atoms with van der Waals surface area (Å²) in [4.78, 5) is 0. The van der Waals surface area contributed by atoms with Crippen molar-refractivity contribution in [1.82, 2.24) is 0 Å². The maximum Gasteiger partial charge on any atom is 0.0702 e. The predicted octanol–water partition coefficient (Wildman–Crippen LogP) is 2.29. The van der Waals surface area contributed by atoms with Gasteiger partial charge in [0.15, 0.2) is 0 Å². The normalized spacial score (nSPS) is 10.1. The average molecular weight is 283 g/mol. The molecule has 0 heterocycles. The van der Waals surface area contributed by atoms with E-state index in [0.717, 1.165) is 14.5 Å². The Bertz CT molecular complexity index is 275. The van der Waals surface area contributed by atoms with Gasteiger partial charge in [-0.3, -0.25) is 0 Å². The van der Waals surface area contributed by atoms with Crippen molar-refractivity contribution in [1.29, 1.82) is 0 Å². The van der Waals surface area contributed by atoms with Gasteiger partial charge in [0.05, 0.1) is 12.3 Å². The smallest absolute Gasteiger partial charge is 0.0702 e. The van der Waals surface area contributed by atoms with Crippen LogP contribution in [0.5, 0.6) is 0 Å². The summed E-state index contributed by atoms with van der Waals surface area (Å²) >= 11 is 6.56. The number of rotatable bonds is 1. The van der Waals surface area contributed by atoms with E-state index in [2.05, 4.69) is 31.9 Å². The maximum absolute atomic E-state index is 8.85. The van der Waals surface area contributed by atoms with Gasteiger partial charge in [-0.15, -0.1) is 0 Å². The molecule has 0 aliphatic rings. The van der Waals surface area contributed by atoms with Crippen LogP contribution >= 0.6 is 31.9 Å². The van der Waals surface area contributed by atoms with E-state index in [0.29, 0.717) is 5.69 Å². The molecule has 0 fully saturated rings. The number of benzene rings is 1. The van der Waals surface area contributed by atoms with E-state index in [9.17, 15) is 0 Å². The maximum atomic E-state index is 8.85. The Labute approximate surface area is 81.7 Å². The van der Waals surface area contributed by atoms with Gasteiger partial charge in [-0.1, -0.05) is 15.9 Å². The number of nitrogens with two attached hydrogens (primary N) is 1. The lowest BCUT2D eigenvalue weighted by molar-refractivity contribution is 0.282. The minimum atomic E-state index is -0.0378. The molecule has 0 aliphatic carbocycles. The molecule has 4 heteroatoms. The molecule has 11 heavy (non-hydrogen) atoms. The summed E-state index contributed by atoms with van der Waals surface area (Å²) in [7, 11) is 0. The van der Waals surface area contributed by atoms with Crippen LogP contribution in [-0.2, 0) is 6.61 Å². The highest BCUT2D eigenvalue weighted by molar-refractivity contribution is 9.11. The van der Waals surface area contributed by atoms with Gasteiger partial charge >= 0.3 is 0 Å². The van der Waals surface area contributed by atoms with Gasteiger partial charge in [-0.05, 0) is 28.1 Å². The molecule has 2 nitrogen and oxygen atoms in total. The predicted molar refractivity (Wildman–Crippen MR) is 52.2 cm³/mol. The molecule has 0 bridgehead atoms. The molecule has 0 atom stereocenters. The van der Waals surface area contributed by atoms with Crippen molar-refractivity contribution in [2.75, 3.05) is 5.73 Å².